The van der Waals surface area contributed by atoms with Gasteiger partial charge in [0, 0.05) is 15.5 Å². The lowest BCUT2D eigenvalue weighted by Gasteiger charge is -1.86. The first-order valence-electron chi connectivity index (χ1n) is 2.25. The molecule has 1 aromatic heterocycles. The zero-order valence-electron chi connectivity index (χ0n) is 4.63. The predicted molar refractivity (Wildman–Crippen MR) is 52.2 cm³/mol. The van der Waals surface area contributed by atoms with Crippen LogP contribution < -0.4 is 5.73 Å². The van der Waals surface area contributed by atoms with Crippen LogP contribution in [0.2, 0.25) is 0 Å². The van der Waals surface area contributed by atoms with Crippen molar-refractivity contribution in [3.63, 3.8) is 0 Å². The molecule has 1 rings (SSSR count). The fourth-order valence-electron chi connectivity index (χ4n) is 0.453. The van der Waals surface area contributed by atoms with Crippen molar-refractivity contribution in [2.24, 2.45) is 5.73 Å². The van der Waals surface area contributed by atoms with Crippen molar-refractivity contribution in [2.75, 3.05) is 0 Å². The number of thiophene rings is 1. The molecule has 0 unspecified atom stereocenters. The van der Waals surface area contributed by atoms with Gasteiger partial charge >= 0.3 is 0 Å². The lowest BCUT2D eigenvalue weighted by atomic mass is 10.4. The maximum Gasteiger partial charge on any atom is 0.0282 e. The van der Waals surface area contributed by atoms with Crippen LogP contribution in [0.5, 0.6) is 0 Å². The van der Waals surface area contributed by atoms with Gasteiger partial charge in [0.15, 0.2) is 0 Å². The zero-order chi connectivity index (χ0) is 5.98. The molecule has 0 fully saturated rings. The van der Waals surface area contributed by atoms with Gasteiger partial charge in [0.2, 0.25) is 0 Å². The summed E-state index contributed by atoms with van der Waals surface area (Å²) in [6.45, 7) is 0.668. The summed E-state index contributed by atoms with van der Waals surface area (Å²) in [5.74, 6) is 0. The summed E-state index contributed by atoms with van der Waals surface area (Å²) < 4.78 is 1.29. The molecule has 0 amide bonds. The van der Waals surface area contributed by atoms with Crippen LogP contribution in [-0.2, 0) is 6.54 Å². The van der Waals surface area contributed by atoms with Crippen LogP contribution in [0.3, 0.4) is 0 Å². The van der Waals surface area contributed by atoms with E-state index in [1.165, 1.54) is 9.13 Å². The first-order chi connectivity index (χ1) is 3.84. The zero-order valence-corrected chi connectivity index (χ0v) is 8.42. The van der Waals surface area contributed by atoms with Gasteiger partial charge in [-0.05, 0) is 33.5 Å². The smallest absolute Gasteiger partial charge is 0.0282 e. The van der Waals surface area contributed by atoms with Crippen molar-refractivity contribution in [3.8, 4) is 0 Å². The van der Waals surface area contributed by atoms with E-state index in [0.29, 0.717) is 6.54 Å². The normalized spacial score (nSPS) is 8.67. The van der Waals surface area contributed by atoms with E-state index in [9.17, 15) is 0 Å². The second kappa shape index (κ2) is 4.49. The summed E-state index contributed by atoms with van der Waals surface area (Å²) in [4.78, 5) is 0. The van der Waals surface area contributed by atoms with E-state index in [1.54, 1.807) is 11.3 Å². The van der Waals surface area contributed by atoms with Gasteiger partial charge in [-0.15, -0.1) is 12.4 Å². The largest absolute Gasteiger partial charge is 0.326 e. The summed E-state index contributed by atoms with van der Waals surface area (Å²) in [6, 6.07) is 0. The Morgan fingerprint density at radius 1 is 1.56 bits per heavy atom. The summed E-state index contributed by atoms with van der Waals surface area (Å²) in [6.07, 6.45) is 0. The third-order valence-corrected chi connectivity index (χ3v) is 3.13. The fraction of sp³-hybridized carbons (Fsp3) is 0.200. The lowest BCUT2D eigenvalue weighted by Crippen LogP contribution is -1.94. The molecule has 1 nitrogen and oxygen atoms in total. The van der Waals surface area contributed by atoms with Crippen LogP contribution in [-0.4, -0.2) is 0 Å². The van der Waals surface area contributed by atoms with Crippen molar-refractivity contribution in [1.82, 2.24) is 0 Å². The molecule has 4 heteroatoms. The van der Waals surface area contributed by atoms with Gasteiger partial charge in [-0.1, -0.05) is 0 Å². The van der Waals surface area contributed by atoms with Gasteiger partial charge in [-0.3, -0.25) is 0 Å². The number of halogens is 2. The Morgan fingerprint density at radius 3 is 2.44 bits per heavy atom. The molecule has 52 valence electrons. The number of rotatable bonds is 1. The molecule has 0 atom stereocenters. The van der Waals surface area contributed by atoms with Crippen molar-refractivity contribution >= 4 is 46.3 Å². The molecule has 0 bridgehead atoms. The topological polar surface area (TPSA) is 26.0 Å². The molecule has 0 saturated heterocycles. The maximum atomic E-state index is 5.40. The Balaban J connectivity index is 0.000000640. The second-order valence-corrected chi connectivity index (χ2v) is 3.35. The molecule has 0 spiro atoms. The van der Waals surface area contributed by atoms with Crippen LogP contribution in [0.15, 0.2) is 10.8 Å². The summed E-state index contributed by atoms with van der Waals surface area (Å²) in [5, 5.41) is 4.19. The minimum atomic E-state index is 0. The molecule has 0 saturated carbocycles. The Morgan fingerprint density at radius 2 is 2.22 bits per heavy atom. The van der Waals surface area contributed by atoms with Crippen LogP contribution in [0.4, 0.5) is 0 Å². The minimum Gasteiger partial charge on any atom is -0.326 e. The Hall–Kier alpha value is 0.680. The first kappa shape index (κ1) is 9.68. The third kappa shape index (κ3) is 2.41. The average molecular weight is 276 g/mol. The fourth-order valence-corrected chi connectivity index (χ4v) is 2.21. The summed E-state index contributed by atoms with van der Waals surface area (Å²) in [7, 11) is 0. The highest BCUT2D eigenvalue weighted by molar-refractivity contribution is 14.1. The Bertz CT molecular complexity index is 177. The van der Waals surface area contributed by atoms with E-state index in [4.69, 9.17) is 5.73 Å². The maximum absolute atomic E-state index is 5.40. The molecule has 0 aliphatic rings. The van der Waals surface area contributed by atoms with Gasteiger partial charge in [0.1, 0.15) is 0 Å². The SMILES string of the molecule is Cl.NCc1cscc1I. The standard InChI is InChI=1S/C5H6INS.ClH/c6-5-3-8-2-4(5)1-7;/h2-3H,1,7H2;1H. The van der Waals surface area contributed by atoms with Crippen LogP contribution in [0.1, 0.15) is 5.56 Å². The van der Waals surface area contributed by atoms with E-state index >= 15 is 0 Å². The monoisotopic (exact) mass is 275 g/mol. The van der Waals surface area contributed by atoms with Gasteiger partial charge in [0.05, 0.1) is 0 Å². The van der Waals surface area contributed by atoms with E-state index < -0.39 is 0 Å². The number of hydrogen-bond acceptors (Lipinski definition) is 2. The highest BCUT2D eigenvalue weighted by Crippen LogP contribution is 2.15. The van der Waals surface area contributed by atoms with Crippen molar-refractivity contribution in [1.29, 1.82) is 0 Å². The van der Waals surface area contributed by atoms with Gasteiger partial charge in [-0.25, -0.2) is 0 Å². The number of hydrogen-bond donors (Lipinski definition) is 1. The molecule has 0 aromatic carbocycles. The van der Waals surface area contributed by atoms with E-state index in [1.807, 2.05) is 0 Å². The summed E-state index contributed by atoms with van der Waals surface area (Å²) >= 11 is 3.99. The highest BCUT2D eigenvalue weighted by atomic mass is 127. The molecular formula is C5H7ClINS. The first-order valence-corrected chi connectivity index (χ1v) is 4.27. The number of nitrogens with two attached hydrogens (primary N) is 1. The lowest BCUT2D eigenvalue weighted by molar-refractivity contribution is 1.07. The highest BCUT2D eigenvalue weighted by Gasteiger charge is 1.94. The van der Waals surface area contributed by atoms with Crippen molar-refractivity contribution in [3.05, 3.63) is 19.9 Å². The summed E-state index contributed by atoms with van der Waals surface area (Å²) in [5.41, 5.74) is 6.66. The van der Waals surface area contributed by atoms with Gasteiger partial charge in [0.25, 0.3) is 0 Å². The minimum absolute atomic E-state index is 0. The van der Waals surface area contributed by atoms with Crippen molar-refractivity contribution in [2.45, 2.75) is 6.54 Å². The molecular weight excluding hydrogens is 268 g/mol. The van der Waals surface area contributed by atoms with E-state index in [0.717, 1.165) is 0 Å². The van der Waals surface area contributed by atoms with Crippen LogP contribution >= 0.6 is 46.3 Å². The molecule has 0 radical (unpaired) electrons. The molecule has 1 aromatic rings. The third-order valence-electron chi connectivity index (χ3n) is 0.908. The molecule has 1 heterocycles. The van der Waals surface area contributed by atoms with E-state index in [2.05, 4.69) is 33.4 Å². The van der Waals surface area contributed by atoms with Crippen molar-refractivity contribution < 1.29 is 0 Å². The quantitative estimate of drug-likeness (QED) is 0.782. The Labute approximate surface area is 78.2 Å². The predicted octanol–water partition coefficient (Wildman–Crippen LogP) is 2.23. The molecule has 2 N–H and O–H groups in total. The molecule has 0 aliphatic heterocycles. The molecule has 0 aliphatic carbocycles. The average Bonchev–Trinajstić information content (AvgIpc) is 2.14. The van der Waals surface area contributed by atoms with Crippen LogP contribution in [0, 0.1) is 3.57 Å². The second-order valence-electron chi connectivity index (χ2n) is 1.45. The molecule has 9 heavy (non-hydrogen) atoms. The Kier molecular flexibility index (Phi) is 4.83. The van der Waals surface area contributed by atoms with Gasteiger partial charge < -0.3 is 5.73 Å². The van der Waals surface area contributed by atoms with E-state index in [-0.39, 0.29) is 12.4 Å². The van der Waals surface area contributed by atoms with Crippen LogP contribution in [0.25, 0.3) is 0 Å². The van der Waals surface area contributed by atoms with Gasteiger partial charge in [-0.2, -0.15) is 11.3 Å².